The molecule has 3 nitrogen and oxygen atoms in total. The van der Waals surface area contributed by atoms with E-state index in [9.17, 15) is 8.42 Å². The monoisotopic (exact) mass is 275 g/mol. The van der Waals surface area contributed by atoms with E-state index in [1.54, 1.807) is 24.3 Å². The van der Waals surface area contributed by atoms with Crippen LogP contribution in [0, 0.1) is 11.3 Å². The van der Waals surface area contributed by atoms with E-state index in [0.29, 0.717) is 10.6 Å². The summed E-state index contributed by atoms with van der Waals surface area (Å²) in [5.41, 5.74) is 0.399. The molecule has 0 saturated carbocycles. The minimum atomic E-state index is -3.54. The van der Waals surface area contributed by atoms with E-state index in [1.165, 1.54) is 6.08 Å². The number of rotatable bonds is 2. The van der Waals surface area contributed by atoms with Gasteiger partial charge in [0.25, 0.3) is 0 Å². The number of sulfone groups is 1. The van der Waals surface area contributed by atoms with Gasteiger partial charge in [-0.3, -0.25) is 0 Å². The van der Waals surface area contributed by atoms with Crippen LogP contribution < -0.4 is 0 Å². The van der Waals surface area contributed by atoms with Crippen molar-refractivity contribution >= 4 is 39.1 Å². The van der Waals surface area contributed by atoms with Crippen molar-refractivity contribution in [2.45, 2.75) is 0 Å². The van der Waals surface area contributed by atoms with Crippen molar-refractivity contribution in [3.63, 3.8) is 0 Å². The number of hydrogen-bond acceptors (Lipinski definition) is 3. The van der Waals surface area contributed by atoms with Crippen molar-refractivity contribution in [1.82, 2.24) is 0 Å². The Morgan fingerprint density at radius 2 is 2.06 bits per heavy atom. The molecule has 0 aliphatic carbocycles. The summed E-state index contributed by atoms with van der Waals surface area (Å²) < 4.78 is 22.4. The van der Waals surface area contributed by atoms with Crippen LogP contribution in [0.2, 0.25) is 10.0 Å². The third-order valence-electron chi connectivity index (χ3n) is 1.78. The number of halogens is 2. The van der Waals surface area contributed by atoms with Crippen molar-refractivity contribution in [2.75, 3.05) is 6.26 Å². The van der Waals surface area contributed by atoms with Gasteiger partial charge in [-0.2, -0.15) is 5.26 Å². The summed E-state index contributed by atoms with van der Waals surface area (Å²) in [7, 11) is -3.54. The smallest absolute Gasteiger partial charge is 0.185 e. The molecule has 1 aromatic rings. The molecule has 0 atom stereocenters. The number of benzene rings is 1. The molecular formula is C10H7Cl2NO2S. The Morgan fingerprint density at radius 3 is 2.56 bits per heavy atom. The normalized spacial score (nSPS) is 12.2. The first-order valence-electron chi connectivity index (χ1n) is 4.12. The summed E-state index contributed by atoms with van der Waals surface area (Å²) in [6.45, 7) is 0. The molecule has 6 heteroatoms. The minimum Gasteiger partial charge on any atom is -0.223 e. The van der Waals surface area contributed by atoms with Crippen LogP contribution in [0.3, 0.4) is 0 Å². The fraction of sp³-hybridized carbons (Fsp3) is 0.100. The molecule has 0 amide bonds. The van der Waals surface area contributed by atoms with Gasteiger partial charge >= 0.3 is 0 Å². The van der Waals surface area contributed by atoms with Crippen molar-refractivity contribution in [3.8, 4) is 6.07 Å². The van der Waals surface area contributed by atoms with Gasteiger partial charge in [0, 0.05) is 6.26 Å². The lowest BCUT2D eigenvalue weighted by Crippen LogP contribution is -1.98. The molecule has 0 N–H and O–H groups in total. The lowest BCUT2D eigenvalue weighted by molar-refractivity contribution is 0.609. The van der Waals surface area contributed by atoms with Gasteiger partial charge in [0.1, 0.15) is 11.0 Å². The molecule has 0 fully saturated rings. The van der Waals surface area contributed by atoms with Crippen LogP contribution in [0.15, 0.2) is 23.1 Å². The van der Waals surface area contributed by atoms with E-state index in [2.05, 4.69) is 0 Å². The van der Waals surface area contributed by atoms with Gasteiger partial charge in [0.2, 0.25) is 0 Å². The Kier molecular flexibility index (Phi) is 3.98. The molecule has 0 aromatic heterocycles. The molecule has 1 rings (SSSR count). The van der Waals surface area contributed by atoms with Crippen molar-refractivity contribution in [1.29, 1.82) is 5.26 Å². The van der Waals surface area contributed by atoms with Crippen LogP contribution >= 0.6 is 23.2 Å². The average molecular weight is 276 g/mol. The number of allylic oxidation sites excluding steroid dienone is 1. The van der Waals surface area contributed by atoms with Crippen LogP contribution in [0.5, 0.6) is 0 Å². The third kappa shape index (κ3) is 2.99. The molecule has 0 bridgehead atoms. The molecule has 0 spiro atoms. The van der Waals surface area contributed by atoms with E-state index >= 15 is 0 Å². The van der Waals surface area contributed by atoms with Crippen LogP contribution in [-0.2, 0) is 9.84 Å². The van der Waals surface area contributed by atoms with Crippen molar-refractivity contribution in [3.05, 3.63) is 38.7 Å². The predicted molar refractivity (Wildman–Crippen MR) is 64.9 cm³/mol. The maximum Gasteiger partial charge on any atom is 0.185 e. The molecule has 0 radical (unpaired) electrons. The van der Waals surface area contributed by atoms with E-state index in [4.69, 9.17) is 28.5 Å². The SMILES string of the molecule is CS(=O)(=O)/C(C#N)=C/c1cccc(Cl)c1Cl. The molecule has 1 aromatic carbocycles. The van der Waals surface area contributed by atoms with E-state index in [-0.39, 0.29) is 9.93 Å². The van der Waals surface area contributed by atoms with Gasteiger partial charge in [-0.05, 0) is 17.7 Å². The topological polar surface area (TPSA) is 57.9 Å². The third-order valence-corrected chi connectivity index (χ3v) is 3.62. The maximum absolute atomic E-state index is 11.2. The Hall–Kier alpha value is -1.02. The van der Waals surface area contributed by atoms with Gasteiger partial charge in [0.05, 0.1) is 10.0 Å². The second kappa shape index (κ2) is 4.88. The lowest BCUT2D eigenvalue weighted by atomic mass is 10.2. The second-order valence-electron chi connectivity index (χ2n) is 3.04. The first-order chi connectivity index (χ1) is 7.36. The van der Waals surface area contributed by atoms with Crippen LogP contribution in [0.25, 0.3) is 6.08 Å². The zero-order valence-corrected chi connectivity index (χ0v) is 10.6. The van der Waals surface area contributed by atoms with Gasteiger partial charge in [-0.25, -0.2) is 8.42 Å². The second-order valence-corrected chi connectivity index (χ2v) is 5.80. The fourth-order valence-corrected chi connectivity index (χ4v) is 1.86. The van der Waals surface area contributed by atoms with Crippen molar-refractivity contribution < 1.29 is 8.42 Å². The van der Waals surface area contributed by atoms with Crippen LogP contribution in [0.1, 0.15) is 5.56 Å². The largest absolute Gasteiger partial charge is 0.223 e. The van der Waals surface area contributed by atoms with Gasteiger partial charge in [-0.1, -0.05) is 35.3 Å². The molecule has 84 valence electrons. The zero-order valence-electron chi connectivity index (χ0n) is 8.24. The summed E-state index contributed by atoms with van der Waals surface area (Å²) in [4.78, 5) is -0.350. The highest BCUT2D eigenvalue weighted by molar-refractivity contribution is 7.95. The van der Waals surface area contributed by atoms with E-state index in [0.717, 1.165) is 6.26 Å². The van der Waals surface area contributed by atoms with Gasteiger partial charge < -0.3 is 0 Å². The summed E-state index contributed by atoms with van der Waals surface area (Å²) in [5.74, 6) is 0. The van der Waals surface area contributed by atoms with Crippen molar-refractivity contribution in [2.24, 2.45) is 0 Å². The minimum absolute atomic E-state index is 0.223. The van der Waals surface area contributed by atoms with E-state index in [1.807, 2.05) is 0 Å². The molecule has 0 unspecified atom stereocenters. The standard InChI is InChI=1S/C10H7Cl2NO2S/c1-16(14,15)8(6-13)5-7-3-2-4-9(11)10(7)12/h2-5H,1H3/b8-5+. The van der Waals surface area contributed by atoms with Crippen LogP contribution in [-0.4, -0.2) is 14.7 Å². The summed E-state index contributed by atoms with van der Waals surface area (Å²) in [6.07, 6.45) is 2.16. The number of nitriles is 1. The summed E-state index contributed by atoms with van der Waals surface area (Å²) in [5, 5.41) is 9.24. The maximum atomic E-state index is 11.2. The highest BCUT2D eigenvalue weighted by Gasteiger charge is 2.12. The molecule has 0 heterocycles. The summed E-state index contributed by atoms with van der Waals surface area (Å²) in [6, 6.07) is 6.39. The lowest BCUT2D eigenvalue weighted by Gasteiger charge is -2.01. The number of nitrogens with zero attached hydrogens (tertiary/aromatic N) is 1. The first kappa shape index (κ1) is 13.0. The molecule has 0 aliphatic rings. The predicted octanol–water partition coefficient (Wildman–Crippen LogP) is 2.90. The zero-order chi connectivity index (χ0) is 12.3. The average Bonchev–Trinajstić information content (AvgIpc) is 2.18. The van der Waals surface area contributed by atoms with Crippen LogP contribution in [0.4, 0.5) is 0 Å². The molecule has 0 aliphatic heterocycles. The first-order valence-corrected chi connectivity index (χ1v) is 6.77. The Labute approximate surface area is 104 Å². The molecule has 16 heavy (non-hydrogen) atoms. The Bertz CT molecular complexity index is 585. The van der Waals surface area contributed by atoms with E-state index < -0.39 is 9.84 Å². The van der Waals surface area contributed by atoms with Gasteiger partial charge in [-0.15, -0.1) is 0 Å². The number of hydrogen-bond donors (Lipinski definition) is 0. The quantitative estimate of drug-likeness (QED) is 0.780. The highest BCUT2D eigenvalue weighted by Crippen LogP contribution is 2.27. The molecule has 0 saturated heterocycles. The fourth-order valence-electron chi connectivity index (χ4n) is 0.995. The molecular weight excluding hydrogens is 269 g/mol. The Morgan fingerprint density at radius 1 is 1.44 bits per heavy atom. The summed E-state index contributed by atoms with van der Waals surface area (Å²) >= 11 is 11.6. The van der Waals surface area contributed by atoms with Gasteiger partial charge in [0.15, 0.2) is 9.84 Å². The highest BCUT2D eigenvalue weighted by atomic mass is 35.5. The Balaban J connectivity index is 3.38.